The quantitative estimate of drug-likeness (QED) is 0.806. The van der Waals surface area contributed by atoms with E-state index in [0.717, 1.165) is 25.1 Å². The standard InChI is InChI=1S/C20H29N3O3/c1-3-26-18-8-6-17(7-9-18)19-5-4-10-23(19)15-20(25)22-13-11-21(12-14-22)16(2)24/h6-9,19H,3-5,10-15H2,1-2H3. The lowest BCUT2D eigenvalue weighted by atomic mass is 10.0. The summed E-state index contributed by atoms with van der Waals surface area (Å²) in [6.07, 6.45) is 2.20. The van der Waals surface area contributed by atoms with Gasteiger partial charge in [0.2, 0.25) is 11.8 Å². The van der Waals surface area contributed by atoms with Crippen LogP contribution in [0.3, 0.4) is 0 Å². The number of piperazine rings is 1. The molecule has 6 nitrogen and oxygen atoms in total. The van der Waals surface area contributed by atoms with Crippen LogP contribution in [0.4, 0.5) is 0 Å². The van der Waals surface area contributed by atoms with Gasteiger partial charge < -0.3 is 14.5 Å². The van der Waals surface area contributed by atoms with Gasteiger partial charge in [0.15, 0.2) is 0 Å². The normalized spacial score (nSPS) is 21.1. The van der Waals surface area contributed by atoms with Gasteiger partial charge in [-0.15, -0.1) is 0 Å². The minimum atomic E-state index is 0.0900. The molecule has 6 heteroatoms. The van der Waals surface area contributed by atoms with Gasteiger partial charge in [0.25, 0.3) is 0 Å². The molecule has 0 aliphatic carbocycles. The molecule has 0 N–H and O–H groups in total. The highest BCUT2D eigenvalue weighted by molar-refractivity contribution is 5.79. The van der Waals surface area contributed by atoms with Gasteiger partial charge in [-0.05, 0) is 44.0 Å². The lowest BCUT2D eigenvalue weighted by Gasteiger charge is -2.35. The van der Waals surface area contributed by atoms with Crippen molar-refractivity contribution in [2.24, 2.45) is 0 Å². The van der Waals surface area contributed by atoms with E-state index >= 15 is 0 Å². The SMILES string of the molecule is CCOc1ccc(C2CCCN2CC(=O)N2CCN(C(C)=O)CC2)cc1. The van der Waals surface area contributed by atoms with Crippen LogP contribution in [0.2, 0.25) is 0 Å². The molecule has 0 spiro atoms. The van der Waals surface area contributed by atoms with Gasteiger partial charge in [0.1, 0.15) is 5.75 Å². The van der Waals surface area contributed by atoms with Gasteiger partial charge in [-0.2, -0.15) is 0 Å². The van der Waals surface area contributed by atoms with Crippen molar-refractivity contribution in [2.45, 2.75) is 32.7 Å². The van der Waals surface area contributed by atoms with E-state index < -0.39 is 0 Å². The molecule has 1 aromatic rings. The third-order valence-corrected chi connectivity index (χ3v) is 5.36. The Morgan fingerprint density at radius 1 is 1.04 bits per heavy atom. The summed E-state index contributed by atoms with van der Waals surface area (Å²) < 4.78 is 5.52. The molecule has 2 aliphatic rings. The second kappa shape index (κ2) is 8.54. The van der Waals surface area contributed by atoms with Crippen molar-refractivity contribution in [1.82, 2.24) is 14.7 Å². The molecule has 1 unspecified atom stereocenters. The fourth-order valence-electron chi connectivity index (χ4n) is 3.89. The smallest absolute Gasteiger partial charge is 0.236 e. The minimum absolute atomic E-state index is 0.0900. The number of carbonyl (C=O) groups excluding carboxylic acids is 2. The Balaban J connectivity index is 1.56. The third-order valence-electron chi connectivity index (χ3n) is 5.36. The van der Waals surface area contributed by atoms with Crippen LogP contribution in [0.25, 0.3) is 0 Å². The largest absolute Gasteiger partial charge is 0.494 e. The molecule has 2 fully saturated rings. The molecule has 2 saturated heterocycles. The Morgan fingerprint density at radius 3 is 2.31 bits per heavy atom. The maximum absolute atomic E-state index is 12.7. The number of ether oxygens (including phenoxy) is 1. The Hall–Kier alpha value is -2.08. The Morgan fingerprint density at radius 2 is 1.69 bits per heavy atom. The number of rotatable bonds is 5. The van der Waals surface area contributed by atoms with Crippen LogP contribution in [0.1, 0.15) is 38.3 Å². The second-order valence-corrected chi connectivity index (χ2v) is 7.02. The van der Waals surface area contributed by atoms with Crippen LogP contribution >= 0.6 is 0 Å². The molecule has 0 bridgehead atoms. The predicted octanol–water partition coefficient (Wildman–Crippen LogP) is 1.91. The second-order valence-electron chi connectivity index (χ2n) is 7.02. The number of hydrogen-bond acceptors (Lipinski definition) is 4. The van der Waals surface area contributed by atoms with Gasteiger partial charge in [0.05, 0.1) is 13.2 Å². The first kappa shape index (κ1) is 18.7. The zero-order valence-electron chi connectivity index (χ0n) is 15.8. The number of likely N-dealkylation sites (tertiary alicyclic amines) is 1. The fraction of sp³-hybridized carbons (Fsp3) is 0.600. The van der Waals surface area contributed by atoms with Crippen LogP contribution in [0, 0.1) is 0 Å². The van der Waals surface area contributed by atoms with E-state index in [9.17, 15) is 9.59 Å². The Kier molecular flexibility index (Phi) is 6.14. The summed E-state index contributed by atoms with van der Waals surface area (Å²) in [6.45, 7) is 8.21. The zero-order valence-corrected chi connectivity index (χ0v) is 15.8. The molecular weight excluding hydrogens is 330 g/mol. The Bertz CT molecular complexity index is 624. The molecule has 2 aliphatic heterocycles. The summed E-state index contributed by atoms with van der Waals surface area (Å²) in [5, 5.41) is 0. The van der Waals surface area contributed by atoms with Crippen LogP contribution in [0.15, 0.2) is 24.3 Å². The molecular formula is C20H29N3O3. The molecule has 3 rings (SSSR count). The van der Waals surface area contributed by atoms with Crippen LogP contribution in [-0.4, -0.2) is 72.4 Å². The summed E-state index contributed by atoms with van der Waals surface area (Å²) in [4.78, 5) is 30.1. The van der Waals surface area contributed by atoms with Crippen LogP contribution < -0.4 is 4.74 Å². The summed E-state index contributed by atoms with van der Waals surface area (Å²) in [5.74, 6) is 1.15. The average Bonchev–Trinajstić information content (AvgIpc) is 3.11. The maximum Gasteiger partial charge on any atom is 0.236 e. The van der Waals surface area contributed by atoms with Crippen LogP contribution in [-0.2, 0) is 9.59 Å². The number of hydrogen-bond donors (Lipinski definition) is 0. The fourth-order valence-corrected chi connectivity index (χ4v) is 3.89. The highest BCUT2D eigenvalue weighted by atomic mass is 16.5. The molecule has 26 heavy (non-hydrogen) atoms. The highest BCUT2D eigenvalue weighted by Gasteiger charge is 2.30. The third kappa shape index (κ3) is 4.36. The minimum Gasteiger partial charge on any atom is -0.494 e. The molecule has 0 aromatic heterocycles. The molecule has 1 aromatic carbocycles. The highest BCUT2D eigenvalue weighted by Crippen LogP contribution is 2.32. The first-order valence-electron chi connectivity index (χ1n) is 9.58. The van der Waals surface area contributed by atoms with Gasteiger partial charge in [-0.25, -0.2) is 0 Å². The summed E-state index contributed by atoms with van der Waals surface area (Å²) in [6, 6.07) is 8.55. The summed E-state index contributed by atoms with van der Waals surface area (Å²) in [5.41, 5.74) is 1.25. The van der Waals surface area contributed by atoms with Crippen molar-refractivity contribution in [3.05, 3.63) is 29.8 Å². The van der Waals surface area contributed by atoms with E-state index in [-0.39, 0.29) is 11.8 Å². The number of benzene rings is 1. The lowest BCUT2D eigenvalue weighted by molar-refractivity contribution is -0.139. The van der Waals surface area contributed by atoms with Crippen molar-refractivity contribution < 1.29 is 14.3 Å². The molecule has 0 saturated carbocycles. The molecule has 2 amide bonds. The molecule has 2 heterocycles. The summed E-state index contributed by atoms with van der Waals surface area (Å²) >= 11 is 0. The van der Waals surface area contributed by atoms with Gasteiger partial charge in [-0.1, -0.05) is 12.1 Å². The van der Waals surface area contributed by atoms with E-state index in [4.69, 9.17) is 4.74 Å². The number of amides is 2. The number of nitrogens with zero attached hydrogens (tertiary/aromatic N) is 3. The zero-order chi connectivity index (χ0) is 18.5. The summed E-state index contributed by atoms with van der Waals surface area (Å²) in [7, 11) is 0. The molecule has 142 valence electrons. The average molecular weight is 359 g/mol. The Labute approximate surface area is 155 Å². The van der Waals surface area contributed by atoms with Crippen molar-refractivity contribution in [1.29, 1.82) is 0 Å². The van der Waals surface area contributed by atoms with Gasteiger partial charge in [0, 0.05) is 39.1 Å². The first-order chi connectivity index (χ1) is 12.6. The maximum atomic E-state index is 12.7. The molecule has 0 radical (unpaired) electrons. The van der Waals surface area contributed by atoms with Gasteiger partial charge >= 0.3 is 0 Å². The topological polar surface area (TPSA) is 53.1 Å². The van der Waals surface area contributed by atoms with E-state index in [1.807, 2.05) is 28.9 Å². The van der Waals surface area contributed by atoms with Crippen molar-refractivity contribution in [2.75, 3.05) is 45.9 Å². The number of carbonyl (C=O) groups is 2. The predicted molar refractivity (Wildman–Crippen MR) is 100.0 cm³/mol. The molecule has 1 atom stereocenters. The first-order valence-corrected chi connectivity index (χ1v) is 9.58. The van der Waals surface area contributed by atoms with Crippen molar-refractivity contribution >= 4 is 11.8 Å². The monoisotopic (exact) mass is 359 g/mol. The van der Waals surface area contributed by atoms with Gasteiger partial charge in [-0.3, -0.25) is 14.5 Å². The van der Waals surface area contributed by atoms with E-state index in [1.165, 1.54) is 5.56 Å². The van der Waals surface area contributed by atoms with E-state index in [0.29, 0.717) is 45.4 Å². The lowest BCUT2D eigenvalue weighted by Crippen LogP contribution is -2.52. The van der Waals surface area contributed by atoms with Crippen molar-refractivity contribution in [3.8, 4) is 5.75 Å². The van der Waals surface area contributed by atoms with Crippen LogP contribution in [0.5, 0.6) is 5.75 Å². The van der Waals surface area contributed by atoms with Crippen molar-refractivity contribution in [3.63, 3.8) is 0 Å². The van der Waals surface area contributed by atoms with E-state index in [1.54, 1.807) is 6.92 Å². The van der Waals surface area contributed by atoms with E-state index in [2.05, 4.69) is 17.0 Å².